The summed E-state index contributed by atoms with van der Waals surface area (Å²) in [6.45, 7) is 4.68. The minimum atomic E-state index is 0.0986. The molecule has 3 nitrogen and oxygen atoms in total. The smallest absolute Gasteiger partial charge is 0.227 e. The van der Waals surface area contributed by atoms with Gasteiger partial charge in [0.15, 0.2) is 0 Å². The second-order valence-corrected chi connectivity index (χ2v) is 5.54. The number of nitrogens with zero attached hydrogens (tertiary/aromatic N) is 1. The van der Waals surface area contributed by atoms with Crippen molar-refractivity contribution in [1.29, 1.82) is 0 Å². The molecule has 0 unspecified atom stereocenters. The summed E-state index contributed by atoms with van der Waals surface area (Å²) in [5.41, 5.74) is 11.1. The highest BCUT2D eigenvalue weighted by atomic mass is 16.2. The third-order valence-electron chi connectivity index (χ3n) is 3.82. The average molecular weight is 282 g/mol. The van der Waals surface area contributed by atoms with Gasteiger partial charge in [0, 0.05) is 19.3 Å². The molecule has 0 aliphatic heterocycles. The molecule has 0 aliphatic rings. The van der Waals surface area contributed by atoms with Crippen LogP contribution in [0.1, 0.15) is 22.3 Å². The quantitative estimate of drug-likeness (QED) is 0.876. The molecule has 2 N–H and O–H groups in total. The fraction of sp³-hybridized carbons (Fsp3) is 0.278. The molecule has 2 aromatic rings. The lowest BCUT2D eigenvalue weighted by Crippen LogP contribution is -2.28. The molecule has 110 valence electrons. The largest absolute Gasteiger partial charge is 0.398 e. The van der Waals surface area contributed by atoms with E-state index in [-0.39, 0.29) is 5.91 Å². The lowest BCUT2D eigenvalue weighted by atomic mass is 10.0. The second kappa shape index (κ2) is 6.44. The first-order valence-electron chi connectivity index (χ1n) is 7.11. The molecule has 2 rings (SSSR count). The molecular formula is C18H22N2O. The lowest BCUT2D eigenvalue weighted by Gasteiger charge is -2.18. The first kappa shape index (κ1) is 15.1. The molecule has 0 heterocycles. The Balaban J connectivity index is 2.02. The van der Waals surface area contributed by atoms with Crippen molar-refractivity contribution in [2.45, 2.75) is 26.8 Å². The third kappa shape index (κ3) is 3.85. The summed E-state index contributed by atoms with van der Waals surface area (Å²) in [4.78, 5) is 14.0. The molecule has 0 aromatic heterocycles. The van der Waals surface area contributed by atoms with Crippen LogP contribution in [0.25, 0.3) is 0 Å². The Bertz CT molecular complexity index is 649. The van der Waals surface area contributed by atoms with E-state index in [2.05, 4.69) is 26.0 Å². The molecule has 21 heavy (non-hydrogen) atoms. The molecule has 0 radical (unpaired) electrons. The van der Waals surface area contributed by atoms with Crippen molar-refractivity contribution in [3.8, 4) is 0 Å². The van der Waals surface area contributed by atoms with Crippen LogP contribution in [-0.2, 0) is 17.8 Å². The first-order chi connectivity index (χ1) is 9.97. The molecule has 0 aliphatic carbocycles. The number of nitrogen functional groups attached to an aromatic ring is 1. The van der Waals surface area contributed by atoms with E-state index in [0.717, 1.165) is 16.8 Å². The predicted octanol–water partition coefficient (Wildman–Crippen LogP) is 3.09. The Hall–Kier alpha value is -2.29. The third-order valence-corrected chi connectivity index (χ3v) is 3.82. The Morgan fingerprint density at radius 1 is 1.10 bits per heavy atom. The maximum atomic E-state index is 12.3. The number of rotatable bonds is 4. The number of carbonyl (C=O) groups is 1. The SMILES string of the molecule is Cc1ccc(CC(=O)N(C)Cc2ccccc2N)cc1C. The van der Waals surface area contributed by atoms with Crippen LogP contribution in [0.5, 0.6) is 0 Å². The van der Waals surface area contributed by atoms with Gasteiger partial charge < -0.3 is 10.6 Å². The number of hydrogen-bond acceptors (Lipinski definition) is 2. The van der Waals surface area contributed by atoms with E-state index in [1.165, 1.54) is 11.1 Å². The normalized spacial score (nSPS) is 10.4. The number of anilines is 1. The molecular weight excluding hydrogens is 260 g/mol. The molecule has 0 atom stereocenters. The summed E-state index contributed by atoms with van der Waals surface area (Å²) in [6.07, 6.45) is 0.421. The second-order valence-electron chi connectivity index (χ2n) is 5.54. The zero-order chi connectivity index (χ0) is 15.4. The van der Waals surface area contributed by atoms with Crippen LogP contribution in [0, 0.1) is 13.8 Å². The van der Waals surface area contributed by atoms with Crippen molar-refractivity contribution in [3.05, 3.63) is 64.7 Å². The van der Waals surface area contributed by atoms with Crippen LogP contribution in [0.3, 0.4) is 0 Å². The van der Waals surface area contributed by atoms with E-state index < -0.39 is 0 Å². The average Bonchev–Trinajstić information content (AvgIpc) is 2.45. The lowest BCUT2D eigenvalue weighted by molar-refractivity contribution is -0.129. The maximum Gasteiger partial charge on any atom is 0.227 e. The van der Waals surface area contributed by atoms with Gasteiger partial charge in [-0.2, -0.15) is 0 Å². The minimum absolute atomic E-state index is 0.0986. The summed E-state index contributed by atoms with van der Waals surface area (Å²) in [7, 11) is 1.82. The van der Waals surface area contributed by atoms with E-state index in [4.69, 9.17) is 5.73 Å². The van der Waals surface area contributed by atoms with Crippen molar-refractivity contribution in [1.82, 2.24) is 4.90 Å². The molecule has 2 aromatic carbocycles. The first-order valence-corrected chi connectivity index (χ1v) is 7.11. The van der Waals surface area contributed by atoms with E-state index >= 15 is 0 Å². The number of nitrogens with two attached hydrogens (primary N) is 1. The summed E-state index contributed by atoms with van der Waals surface area (Å²) >= 11 is 0. The van der Waals surface area contributed by atoms with Gasteiger partial charge in [-0.05, 0) is 42.2 Å². The van der Waals surface area contributed by atoms with Gasteiger partial charge in [0.1, 0.15) is 0 Å². The maximum absolute atomic E-state index is 12.3. The van der Waals surface area contributed by atoms with Gasteiger partial charge in [0.2, 0.25) is 5.91 Å². The van der Waals surface area contributed by atoms with Crippen molar-refractivity contribution in [3.63, 3.8) is 0 Å². The molecule has 3 heteroatoms. The van der Waals surface area contributed by atoms with Crippen LogP contribution in [0.15, 0.2) is 42.5 Å². The number of likely N-dealkylation sites (N-methyl/N-ethyl adjacent to an activating group) is 1. The highest BCUT2D eigenvalue weighted by molar-refractivity contribution is 5.78. The van der Waals surface area contributed by atoms with Gasteiger partial charge in [0.25, 0.3) is 0 Å². The number of para-hydroxylation sites is 1. The van der Waals surface area contributed by atoms with Crippen molar-refractivity contribution in [2.75, 3.05) is 12.8 Å². The summed E-state index contributed by atoms with van der Waals surface area (Å²) < 4.78 is 0. The van der Waals surface area contributed by atoms with Crippen LogP contribution < -0.4 is 5.73 Å². The highest BCUT2D eigenvalue weighted by Crippen LogP contribution is 2.14. The molecule has 0 saturated carbocycles. The fourth-order valence-electron chi connectivity index (χ4n) is 2.24. The van der Waals surface area contributed by atoms with Gasteiger partial charge in [-0.15, -0.1) is 0 Å². The van der Waals surface area contributed by atoms with Gasteiger partial charge in [-0.3, -0.25) is 4.79 Å². The minimum Gasteiger partial charge on any atom is -0.398 e. The van der Waals surface area contributed by atoms with Gasteiger partial charge in [-0.1, -0.05) is 36.4 Å². The standard InChI is InChI=1S/C18H22N2O/c1-13-8-9-15(10-14(13)2)11-18(21)20(3)12-16-6-4-5-7-17(16)19/h4-10H,11-12,19H2,1-3H3. The van der Waals surface area contributed by atoms with Crippen LogP contribution >= 0.6 is 0 Å². The molecule has 0 fully saturated rings. The highest BCUT2D eigenvalue weighted by Gasteiger charge is 2.11. The Kier molecular flexibility index (Phi) is 4.63. The monoisotopic (exact) mass is 282 g/mol. The summed E-state index contributed by atoms with van der Waals surface area (Å²) in [5.74, 6) is 0.0986. The number of benzene rings is 2. The Morgan fingerprint density at radius 3 is 2.48 bits per heavy atom. The zero-order valence-electron chi connectivity index (χ0n) is 12.9. The number of hydrogen-bond donors (Lipinski definition) is 1. The van der Waals surface area contributed by atoms with Gasteiger partial charge in [-0.25, -0.2) is 0 Å². The Morgan fingerprint density at radius 2 is 1.81 bits per heavy atom. The summed E-state index contributed by atoms with van der Waals surface area (Å²) in [5, 5.41) is 0. The number of aryl methyl sites for hydroxylation is 2. The Labute approximate surface area is 126 Å². The van der Waals surface area contributed by atoms with Gasteiger partial charge >= 0.3 is 0 Å². The molecule has 0 spiro atoms. The number of amides is 1. The predicted molar refractivity (Wildman–Crippen MR) is 86.9 cm³/mol. The summed E-state index contributed by atoms with van der Waals surface area (Å²) in [6, 6.07) is 13.8. The van der Waals surface area contributed by atoms with Crippen LogP contribution in [-0.4, -0.2) is 17.9 Å². The molecule has 1 amide bonds. The number of carbonyl (C=O) groups excluding carboxylic acids is 1. The van der Waals surface area contributed by atoms with Crippen molar-refractivity contribution < 1.29 is 4.79 Å². The van der Waals surface area contributed by atoms with Crippen molar-refractivity contribution >= 4 is 11.6 Å². The van der Waals surface area contributed by atoms with Crippen LogP contribution in [0.2, 0.25) is 0 Å². The topological polar surface area (TPSA) is 46.3 Å². The molecule has 0 bridgehead atoms. The molecule has 0 saturated heterocycles. The van der Waals surface area contributed by atoms with Gasteiger partial charge in [0.05, 0.1) is 6.42 Å². The van der Waals surface area contributed by atoms with E-state index in [1.54, 1.807) is 4.90 Å². The zero-order valence-corrected chi connectivity index (χ0v) is 12.9. The van der Waals surface area contributed by atoms with E-state index in [9.17, 15) is 4.79 Å². The van der Waals surface area contributed by atoms with Crippen molar-refractivity contribution in [2.24, 2.45) is 0 Å². The van der Waals surface area contributed by atoms with E-state index in [1.807, 2.05) is 37.4 Å². The van der Waals surface area contributed by atoms with E-state index in [0.29, 0.717) is 13.0 Å². The fourth-order valence-corrected chi connectivity index (χ4v) is 2.24. The van der Waals surface area contributed by atoms with Crippen LogP contribution in [0.4, 0.5) is 5.69 Å².